The molecule has 0 saturated carbocycles. The summed E-state index contributed by atoms with van der Waals surface area (Å²) in [6.45, 7) is 6.03. The van der Waals surface area contributed by atoms with Gasteiger partial charge in [-0.2, -0.15) is 0 Å². The van der Waals surface area contributed by atoms with Gasteiger partial charge in [-0.1, -0.05) is 18.2 Å². The number of rotatable bonds is 6. The van der Waals surface area contributed by atoms with E-state index in [1.54, 1.807) is 12.1 Å². The van der Waals surface area contributed by atoms with Crippen molar-refractivity contribution >= 4 is 11.3 Å². The second-order valence-electron chi connectivity index (χ2n) is 6.99. The summed E-state index contributed by atoms with van der Waals surface area (Å²) in [7, 11) is 0. The van der Waals surface area contributed by atoms with E-state index in [0.717, 1.165) is 62.6 Å². The maximum absolute atomic E-state index is 10.7. The van der Waals surface area contributed by atoms with Crippen LogP contribution in [0.15, 0.2) is 54.9 Å². The zero-order chi connectivity index (χ0) is 18.6. The quantitative estimate of drug-likeness (QED) is 0.496. The van der Waals surface area contributed by atoms with Gasteiger partial charge in [0.15, 0.2) is 0 Å². The molecule has 0 spiro atoms. The van der Waals surface area contributed by atoms with Crippen molar-refractivity contribution in [1.29, 1.82) is 0 Å². The third-order valence-electron chi connectivity index (χ3n) is 5.13. The van der Waals surface area contributed by atoms with Crippen LogP contribution in [0.4, 0.5) is 5.69 Å². The Morgan fingerprint density at radius 1 is 1.00 bits per heavy atom. The van der Waals surface area contributed by atoms with E-state index in [1.165, 1.54) is 0 Å². The minimum atomic E-state index is -0.355. The Morgan fingerprint density at radius 2 is 1.74 bits per heavy atom. The van der Waals surface area contributed by atoms with Gasteiger partial charge in [-0.05, 0) is 24.1 Å². The molecule has 1 fully saturated rings. The van der Waals surface area contributed by atoms with Crippen LogP contribution in [0.1, 0.15) is 11.3 Å². The minimum Gasteiger partial charge on any atom is -0.307 e. The maximum Gasteiger partial charge on any atom is 0.269 e. The normalized spacial score (nSPS) is 16.0. The van der Waals surface area contributed by atoms with Crippen LogP contribution < -0.4 is 0 Å². The molecule has 0 atom stereocenters. The fourth-order valence-electron chi connectivity index (χ4n) is 3.54. The highest BCUT2D eigenvalue weighted by Crippen LogP contribution is 2.14. The number of fused-ring (bicyclic) bond motifs is 1. The number of aromatic nitrogens is 2. The zero-order valence-electron chi connectivity index (χ0n) is 15.2. The third kappa shape index (κ3) is 4.32. The van der Waals surface area contributed by atoms with Crippen molar-refractivity contribution in [2.75, 3.05) is 32.7 Å². The average molecular weight is 365 g/mol. The molecule has 1 saturated heterocycles. The van der Waals surface area contributed by atoms with Crippen LogP contribution in [-0.4, -0.2) is 56.8 Å². The highest BCUT2D eigenvalue weighted by atomic mass is 16.6. The lowest BCUT2D eigenvalue weighted by atomic mass is 10.1. The van der Waals surface area contributed by atoms with E-state index < -0.39 is 0 Å². The van der Waals surface area contributed by atoms with Gasteiger partial charge in [0, 0.05) is 63.8 Å². The van der Waals surface area contributed by atoms with Crippen LogP contribution in [0, 0.1) is 10.1 Å². The van der Waals surface area contributed by atoms with Gasteiger partial charge in [-0.25, -0.2) is 4.98 Å². The molecule has 1 aliphatic heterocycles. The molecular formula is C20H23N5O2. The highest BCUT2D eigenvalue weighted by Gasteiger charge is 2.18. The number of hydrogen-bond acceptors (Lipinski definition) is 5. The fourth-order valence-corrected chi connectivity index (χ4v) is 3.54. The van der Waals surface area contributed by atoms with Gasteiger partial charge in [0.1, 0.15) is 5.65 Å². The van der Waals surface area contributed by atoms with Crippen molar-refractivity contribution in [2.24, 2.45) is 0 Å². The Morgan fingerprint density at radius 3 is 2.44 bits per heavy atom. The molecule has 0 amide bonds. The molecular weight excluding hydrogens is 342 g/mol. The van der Waals surface area contributed by atoms with Crippen LogP contribution in [0.2, 0.25) is 0 Å². The van der Waals surface area contributed by atoms with E-state index in [1.807, 2.05) is 36.5 Å². The Kier molecular flexibility index (Phi) is 5.13. The van der Waals surface area contributed by atoms with Gasteiger partial charge in [-0.15, -0.1) is 0 Å². The Bertz CT molecular complexity index is 881. The van der Waals surface area contributed by atoms with E-state index in [0.29, 0.717) is 0 Å². The van der Waals surface area contributed by atoms with E-state index in [9.17, 15) is 10.1 Å². The molecule has 3 aromatic rings. The lowest BCUT2D eigenvalue weighted by Crippen LogP contribution is -2.46. The van der Waals surface area contributed by atoms with Gasteiger partial charge in [-0.3, -0.25) is 15.0 Å². The van der Waals surface area contributed by atoms with Crippen LogP contribution in [0.25, 0.3) is 5.65 Å². The maximum atomic E-state index is 10.7. The molecule has 7 nitrogen and oxygen atoms in total. The molecule has 0 radical (unpaired) electrons. The van der Waals surface area contributed by atoms with Gasteiger partial charge in [0.05, 0.1) is 10.6 Å². The summed E-state index contributed by atoms with van der Waals surface area (Å²) in [5, 5.41) is 10.7. The molecule has 3 heterocycles. The lowest BCUT2D eigenvalue weighted by Gasteiger charge is -2.34. The van der Waals surface area contributed by atoms with Crippen molar-refractivity contribution in [3.05, 3.63) is 76.2 Å². The fraction of sp³-hybridized carbons (Fsp3) is 0.350. The van der Waals surface area contributed by atoms with Gasteiger partial charge < -0.3 is 9.30 Å². The number of non-ortho nitro benzene ring substituents is 1. The first kappa shape index (κ1) is 17.6. The summed E-state index contributed by atoms with van der Waals surface area (Å²) in [5.74, 6) is 0. The average Bonchev–Trinajstić information content (AvgIpc) is 3.10. The number of pyridine rings is 1. The predicted octanol–water partition coefficient (Wildman–Crippen LogP) is 2.60. The largest absolute Gasteiger partial charge is 0.307 e. The number of nitrogens with zero attached hydrogens (tertiary/aromatic N) is 5. The molecule has 140 valence electrons. The van der Waals surface area contributed by atoms with Gasteiger partial charge >= 0.3 is 0 Å². The second-order valence-corrected chi connectivity index (χ2v) is 6.99. The predicted molar refractivity (Wildman–Crippen MR) is 104 cm³/mol. The second kappa shape index (κ2) is 7.85. The summed E-state index contributed by atoms with van der Waals surface area (Å²) in [4.78, 5) is 20.0. The smallest absolute Gasteiger partial charge is 0.269 e. The van der Waals surface area contributed by atoms with Gasteiger partial charge in [0.25, 0.3) is 5.69 Å². The first-order valence-corrected chi connectivity index (χ1v) is 9.28. The number of benzene rings is 1. The van der Waals surface area contributed by atoms with E-state index >= 15 is 0 Å². The monoisotopic (exact) mass is 365 g/mol. The molecule has 0 unspecified atom stereocenters. The number of hydrogen-bond donors (Lipinski definition) is 0. The summed E-state index contributed by atoms with van der Waals surface area (Å²) < 4.78 is 2.07. The van der Waals surface area contributed by atoms with Crippen molar-refractivity contribution in [2.45, 2.75) is 13.0 Å². The number of nitro groups is 1. The van der Waals surface area contributed by atoms with Crippen molar-refractivity contribution in [1.82, 2.24) is 19.2 Å². The Hall–Kier alpha value is -2.77. The van der Waals surface area contributed by atoms with Crippen LogP contribution in [0.5, 0.6) is 0 Å². The first-order chi connectivity index (χ1) is 13.2. The molecule has 4 rings (SSSR count). The molecule has 2 aromatic heterocycles. The number of piperazine rings is 1. The Labute approximate surface area is 158 Å². The summed E-state index contributed by atoms with van der Waals surface area (Å²) in [5.41, 5.74) is 3.40. The molecule has 27 heavy (non-hydrogen) atoms. The van der Waals surface area contributed by atoms with E-state index in [4.69, 9.17) is 0 Å². The molecule has 1 aromatic carbocycles. The van der Waals surface area contributed by atoms with Crippen molar-refractivity contribution in [3.63, 3.8) is 0 Å². The molecule has 7 heteroatoms. The van der Waals surface area contributed by atoms with E-state index in [-0.39, 0.29) is 10.6 Å². The summed E-state index contributed by atoms with van der Waals surface area (Å²) in [6.07, 6.45) is 5.06. The lowest BCUT2D eigenvalue weighted by molar-refractivity contribution is -0.384. The van der Waals surface area contributed by atoms with Crippen LogP contribution >= 0.6 is 0 Å². The molecule has 0 N–H and O–H groups in total. The van der Waals surface area contributed by atoms with Crippen molar-refractivity contribution < 1.29 is 4.92 Å². The van der Waals surface area contributed by atoms with E-state index in [2.05, 4.69) is 25.4 Å². The van der Waals surface area contributed by atoms with Crippen molar-refractivity contribution in [3.8, 4) is 0 Å². The molecule has 0 aliphatic carbocycles. The SMILES string of the molecule is O=[N+]([O-])c1ccc(CCN2CCN(Cc3cn4ccccc4n3)CC2)cc1. The minimum absolute atomic E-state index is 0.152. The topological polar surface area (TPSA) is 66.9 Å². The first-order valence-electron chi connectivity index (χ1n) is 9.28. The zero-order valence-corrected chi connectivity index (χ0v) is 15.2. The molecule has 0 bridgehead atoms. The third-order valence-corrected chi connectivity index (χ3v) is 5.13. The van der Waals surface area contributed by atoms with Crippen LogP contribution in [-0.2, 0) is 13.0 Å². The summed E-state index contributed by atoms with van der Waals surface area (Å²) >= 11 is 0. The number of imidazole rings is 1. The molecule has 1 aliphatic rings. The standard InChI is InChI=1S/C20H23N5O2/c26-25(27)19-6-4-17(5-7-19)8-10-22-11-13-23(14-12-22)15-18-16-24-9-2-1-3-20(24)21-18/h1-7,9,16H,8,10-15H2. The number of nitro benzene ring substituents is 1. The Balaban J connectivity index is 1.24. The van der Waals surface area contributed by atoms with Gasteiger partial charge in [0.2, 0.25) is 0 Å². The summed E-state index contributed by atoms with van der Waals surface area (Å²) in [6, 6.07) is 12.9. The highest BCUT2D eigenvalue weighted by molar-refractivity contribution is 5.39. The van der Waals surface area contributed by atoms with Crippen LogP contribution in [0.3, 0.4) is 0 Å².